The van der Waals surface area contributed by atoms with Crippen LogP contribution in [0.4, 0.5) is 4.79 Å². The van der Waals surface area contributed by atoms with Crippen LogP contribution in [-0.2, 0) is 14.3 Å². The number of aliphatic carboxylic acids is 1. The summed E-state index contributed by atoms with van der Waals surface area (Å²) in [7, 11) is 0. The zero-order valence-electron chi connectivity index (χ0n) is 7.51. The van der Waals surface area contributed by atoms with Crippen LogP contribution in [0, 0.1) is 0 Å². The highest BCUT2D eigenvalue weighted by atomic mass is 16.6. The first kappa shape index (κ1) is 9.26. The van der Waals surface area contributed by atoms with E-state index in [9.17, 15) is 9.59 Å². The van der Waals surface area contributed by atoms with Crippen molar-refractivity contribution in [1.82, 2.24) is 4.90 Å². The first-order valence-corrected chi connectivity index (χ1v) is 4.46. The molecule has 2 heterocycles. The predicted molar refractivity (Wildman–Crippen MR) is 43.8 cm³/mol. The van der Waals surface area contributed by atoms with E-state index in [4.69, 9.17) is 14.6 Å². The summed E-state index contributed by atoms with van der Waals surface area (Å²) in [4.78, 5) is 23.3. The standard InChI is InChI=1S/C8H11NO5/c10-7(11)6-4-14-8(12)9(6)5-1-2-13-3-5/h5-6H,1-4H2,(H,10,11). The predicted octanol–water partition coefficient (Wildman–Crippen LogP) is -0.319. The summed E-state index contributed by atoms with van der Waals surface area (Å²) < 4.78 is 9.81. The highest BCUT2D eigenvalue weighted by Gasteiger charge is 2.43. The summed E-state index contributed by atoms with van der Waals surface area (Å²) in [6.07, 6.45) is 0.131. The quantitative estimate of drug-likeness (QED) is 0.662. The third-order valence-electron chi connectivity index (χ3n) is 2.50. The Morgan fingerprint density at radius 1 is 1.50 bits per heavy atom. The molecule has 0 spiro atoms. The number of carboxylic acids is 1. The molecule has 2 fully saturated rings. The number of carbonyl (C=O) groups is 2. The van der Waals surface area contributed by atoms with Gasteiger partial charge in [-0.2, -0.15) is 0 Å². The minimum absolute atomic E-state index is 0.0648. The Labute approximate surface area is 80.4 Å². The number of hydrogen-bond donors (Lipinski definition) is 1. The summed E-state index contributed by atoms with van der Waals surface area (Å²) in [5.41, 5.74) is 0. The topological polar surface area (TPSA) is 76.1 Å². The number of carbonyl (C=O) groups excluding carboxylic acids is 1. The molecule has 6 heteroatoms. The van der Waals surface area contributed by atoms with Crippen molar-refractivity contribution in [3.05, 3.63) is 0 Å². The molecule has 2 unspecified atom stereocenters. The van der Waals surface area contributed by atoms with Gasteiger partial charge in [-0.3, -0.25) is 4.90 Å². The molecular weight excluding hydrogens is 190 g/mol. The van der Waals surface area contributed by atoms with E-state index in [-0.39, 0.29) is 12.6 Å². The maximum absolute atomic E-state index is 11.3. The molecule has 0 aromatic carbocycles. The van der Waals surface area contributed by atoms with Crippen molar-refractivity contribution in [2.45, 2.75) is 18.5 Å². The van der Waals surface area contributed by atoms with Gasteiger partial charge in [0, 0.05) is 6.61 Å². The van der Waals surface area contributed by atoms with E-state index in [1.165, 1.54) is 4.90 Å². The molecular formula is C8H11NO5. The molecule has 6 nitrogen and oxygen atoms in total. The van der Waals surface area contributed by atoms with Crippen LogP contribution in [-0.4, -0.2) is 54.0 Å². The maximum Gasteiger partial charge on any atom is 0.411 e. The minimum Gasteiger partial charge on any atom is -0.480 e. The van der Waals surface area contributed by atoms with Crippen molar-refractivity contribution in [3.63, 3.8) is 0 Å². The molecule has 2 rings (SSSR count). The molecule has 0 radical (unpaired) electrons. The van der Waals surface area contributed by atoms with E-state index in [1.54, 1.807) is 0 Å². The third-order valence-corrected chi connectivity index (χ3v) is 2.50. The zero-order valence-corrected chi connectivity index (χ0v) is 7.51. The van der Waals surface area contributed by atoms with Crippen LogP contribution in [0.5, 0.6) is 0 Å². The Bertz CT molecular complexity index is 260. The summed E-state index contributed by atoms with van der Waals surface area (Å²) in [5, 5.41) is 8.85. The average Bonchev–Trinajstić information content (AvgIpc) is 2.71. The molecule has 2 atom stereocenters. The fourth-order valence-corrected chi connectivity index (χ4v) is 1.77. The second kappa shape index (κ2) is 3.45. The van der Waals surface area contributed by atoms with Gasteiger partial charge >= 0.3 is 12.1 Å². The number of rotatable bonds is 2. The highest BCUT2D eigenvalue weighted by Crippen LogP contribution is 2.21. The van der Waals surface area contributed by atoms with Gasteiger partial charge in [0.25, 0.3) is 0 Å². The lowest BCUT2D eigenvalue weighted by Crippen LogP contribution is -2.46. The molecule has 2 saturated heterocycles. The van der Waals surface area contributed by atoms with E-state index < -0.39 is 18.1 Å². The lowest BCUT2D eigenvalue weighted by Gasteiger charge is -2.23. The Morgan fingerprint density at radius 3 is 2.86 bits per heavy atom. The molecule has 1 amide bonds. The number of hydrogen-bond acceptors (Lipinski definition) is 4. The first-order valence-electron chi connectivity index (χ1n) is 4.46. The van der Waals surface area contributed by atoms with Crippen molar-refractivity contribution in [1.29, 1.82) is 0 Å². The van der Waals surface area contributed by atoms with Crippen LogP contribution >= 0.6 is 0 Å². The summed E-state index contributed by atoms with van der Waals surface area (Å²) in [6.45, 7) is 0.907. The molecule has 2 aliphatic heterocycles. The Kier molecular flexibility index (Phi) is 2.28. The van der Waals surface area contributed by atoms with Crippen LogP contribution in [0.1, 0.15) is 6.42 Å². The number of nitrogens with zero attached hydrogens (tertiary/aromatic N) is 1. The molecule has 0 bridgehead atoms. The van der Waals surface area contributed by atoms with E-state index in [0.29, 0.717) is 19.6 Å². The summed E-state index contributed by atoms with van der Waals surface area (Å²) in [6, 6.07) is -1.000. The van der Waals surface area contributed by atoms with E-state index >= 15 is 0 Å². The Balaban J connectivity index is 2.12. The number of cyclic esters (lactones) is 1. The molecule has 2 aliphatic rings. The van der Waals surface area contributed by atoms with Crippen LogP contribution in [0.3, 0.4) is 0 Å². The smallest absolute Gasteiger partial charge is 0.411 e. The lowest BCUT2D eigenvalue weighted by atomic mass is 10.2. The van der Waals surface area contributed by atoms with Crippen molar-refractivity contribution in [2.75, 3.05) is 19.8 Å². The number of carboxylic acid groups (broad SMARTS) is 1. The Morgan fingerprint density at radius 2 is 2.29 bits per heavy atom. The fourth-order valence-electron chi connectivity index (χ4n) is 1.77. The van der Waals surface area contributed by atoms with E-state index in [2.05, 4.69) is 0 Å². The van der Waals surface area contributed by atoms with Gasteiger partial charge in [-0.05, 0) is 6.42 Å². The minimum atomic E-state index is -1.03. The largest absolute Gasteiger partial charge is 0.480 e. The summed E-state index contributed by atoms with van der Waals surface area (Å²) in [5.74, 6) is -1.03. The van der Waals surface area contributed by atoms with Crippen LogP contribution in [0.25, 0.3) is 0 Å². The highest BCUT2D eigenvalue weighted by molar-refractivity contribution is 5.83. The zero-order chi connectivity index (χ0) is 10.1. The normalized spacial score (nSPS) is 32.0. The Hall–Kier alpha value is -1.30. The third kappa shape index (κ3) is 1.41. The van der Waals surface area contributed by atoms with E-state index in [0.717, 1.165) is 0 Å². The molecule has 14 heavy (non-hydrogen) atoms. The van der Waals surface area contributed by atoms with Gasteiger partial charge in [0.05, 0.1) is 12.6 Å². The summed E-state index contributed by atoms with van der Waals surface area (Å²) >= 11 is 0. The van der Waals surface area contributed by atoms with Gasteiger partial charge in [-0.25, -0.2) is 9.59 Å². The molecule has 78 valence electrons. The van der Waals surface area contributed by atoms with Gasteiger partial charge in [0.15, 0.2) is 6.04 Å². The van der Waals surface area contributed by atoms with Gasteiger partial charge in [0.2, 0.25) is 0 Å². The SMILES string of the molecule is O=C(O)C1COC(=O)N1C1CCOC1. The molecule has 0 aliphatic carbocycles. The molecule has 0 aromatic heterocycles. The fraction of sp³-hybridized carbons (Fsp3) is 0.750. The van der Waals surface area contributed by atoms with Crippen molar-refractivity contribution in [3.8, 4) is 0 Å². The van der Waals surface area contributed by atoms with Gasteiger partial charge in [-0.1, -0.05) is 0 Å². The van der Waals surface area contributed by atoms with Crippen LogP contribution in [0.15, 0.2) is 0 Å². The van der Waals surface area contributed by atoms with E-state index in [1.807, 2.05) is 0 Å². The van der Waals surface area contributed by atoms with Gasteiger partial charge < -0.3 is 14.6 Å². The van der Waals surface area contributed by atoms with Crippen LogP contribution < -0.4 is 0 Å². The molecule has 0 saturated carbocycles. The van der Waals surface area contributed by atoms with Gasteiger partial charge in [0.1, 0.15) is 6.61 Å². The monoisotopic (exact) mass is 201 g/mol. The van der Waals surface area contributed by atoms with Crippen molar-refractivity contribution >= 4 is 12.1 Å². The molecule has 1 N–H and O–H groups in total. The number of amides is 1. The first-order chi connectivity index (χ1) is 6.70. The van der Waals surface area contributed by atoms with Crippen molar-refractivity contribution < 1.29 is 24.2 Å². The average molecular weight is 201 g/mol. The van der Waals surface area contributed by atoms with Crippen LogP contribution in [0.2, 0.25) is 0 Å². The second-order valence-electron chi connectivity index (χ2n) is 3.36. The second-order valence-corrected chi connectivity index (χ2v) is 3.36. The lowest BCUT2D eigenvalue weighted by molar-refractivity contribution is -0.142. The van der Waals surface area contributed by atoms with Crippen molar-refractivity contribution in [2.24, 2.45) is 0 Å². The maximum atomic E-state index is 11.3. The molecule has 0 aromatic rings. The number of ether oxygens (including phenoxy) is 2. The van der Waals surface area contributed by atoms with Gasteiger partial charge in [-0.15, -0.1) is 0 Å².